The monoisotopic (exact) mass is 510 g/mol. The number of rotatable bonds is 24. The molecule has 9 nitrogen and oxygen atoms in total. The Kier molecular flexibility index (Phi) is 22.1. The van der Waals surface area contributed by atoms with Gasteiger partial charge in [0.1, 0.15) is 12.2 Å². The van der Waals surface area contributed by atoms with Crippen molar-refractivity contribution in [2.75, 3.05) is 26.4 Å². The lowest BCUT2D eigenvalue weighted by atomic mass is 10.1. The van der Waals surface area contributed by atoms with Gasteiger partial charge < -0.3 is 24.9 Å². The maximum absolute atomic E-state index is 11.9. The standard InChI is InChI=1S/C24H47O9P/c1-2-3-4-5-6-7-8-9-10-11-12-13-14-15-16-17-24(28)33-23(19-26)21-32-34(29,30)31-20-22(27)18-25/h9-10,22-23,25-27H,2-8,11-21H2,1H3,(H,29,30)/b10-9-/t22-,23-/m1/s1. The van der Waals surface area contributed by atoms with Crippen LogP contribution in [0.5, 0.6) is 0 Å². The number of hydrogen-bond donors (Lipinski definition) is 4. The van der Waals surface area contributed by atoms with Crippen LogP contribution in [0.25, 0.3) is 0 Å². The molecule has 0 aliphatic rings. The van der Waals surface area contributed by atoms with E-state index in [9.17, 15) is 19.4 Å². The van der Waals surface area contributed by atoms with Gasteiger partial charge in [-0.05, 0) is 32.1 Å². The molecule has 0 saturated heterocycles. The van der Waals surface area contributed by atoms with E-state index < -0.39 is 52.4 Å². The van der Waals surface area contributed by atoms with Crippen molar-refractivity contribution in [3.63, 3.8) is 0 Å². The first-order valence-electron chi connectivity index (χ1n) is 12.7. The van der Waals surface area contributed by atoms with Crippen molar-refractivity contribution >= 4 is 13.8 Å². The van der Waals surface area contributed by atoms with Gasteiger partial charge in [0.2, 0.25) is 0 Å². The van der Waals surface area contributed by atoms with Gasteiger partial charge in [-0.3, -0.25) is 13.8 Å². The zero-order valence-electron chi connectivity index (χ0n) is 20.8. The zero-order chi connectivity index (χ0) is 25.5. The maximum atomic E-state index is 11.9. The van der Waals surface area contributed by atoms with Gasteiger partial charge in [0.25, 0.3) is 0 Å². The Morgan fingerprint density at radius 1 is 0.824 bits per heavy atom. The summed E-state index contributed by atoms with van der Waals surface area (Å²) in [7, 11) is -4.50. The van der Waals surface area contributed by atoms with E-state index in [1.165, 1.54) is 44.9 Å². The molecule has 0 rings (SSSR count). The Balaban J connectivity index is 3.72. The number of hydrogen-bond acceptors (Lipinski definition) is 8. The van der Waals surface area contributed by atoms with Crippen LogP contribution >= 0.6 is 7.82 Å². The third-order valence-electron chi connectivity index (χ3n) is 5.21. The van der Waals surface area contributed by atoms with Crippen LogP contribution in [0.1, 0.15) is 96.8 Å². The fourth-order valence-electron chi connectivity index (χ4n) is 3.16. The van der Waals surface area contributed by atoms with Crippen LogP contribution in [0.15, 0.2) is 12.2 Å². The number of phosphoric acid groups is 1. The smallest absolute Gasteiger partial charge is 0.457 e. The van der Waals surface area contributed by atoms with Crippen molar-refractivity contribution in [3.05, 3.63) is 12.2 Å². The van der Waals surface area contributed by atoms with Crippen LogP contribution in [0, 0.1) is 0 Å². The van der Waals surface area contributed by atoms with Gasteiger partial charge in [0, 0.05) is 6.42 Å². The van der Waals surface area contributed by atoms with E-state index in [-0.39, 0.29) is 6.42 Å². The molecule has 0 aliphatic carbocycles. The van der Waals surface area contributed by atoms with Crippen molar-refractivity contribution in [1.29, 1.82) is 0 Å². The molecule has 0 aromatic carbocycles. The number of ether oxygens (including phenoxy) is 1. The van der Waals surface area contributed by atoms with Gasteiger partial charge in [0.05, 0.1) is 26.4 Å². The number of aliphatic hydroxyl groups is 3. The Morgan fingerprint density at radius 3 is 1.91 bits per heavy atom. The summed E-state index contributed by atoms with van der Waals surface area (Å²) >= 11 is 0. The summed E-state index contributed by atoms with van der Waals surface area (Å²) in [4.78, 5) is 21.4. The fraction of sp³-hybridized carbons (Fsp3) is 0.875. The first-order valence-corrected chi connectivity index (χ1v) is 14.2. The lowest BCUT2D eigenvalue weighted by Gasteiger charge is -2.18. The number of esters is 1. The Labute approximate surface area is 205 Å². The van der Waals surface area contributed by atoms with Crippen LogP contribution in [0.4, 0.5) is 0 Å². The lowest BCUT2D eigenvalue weighted by molar-refractivity contribution is -0.153. The van der Waals surface area contributed by atoms with Crippen LogP contribution in [-0.4, -0.2) is 64.8 Å². The molecule has 1 unspecified atom stereocenters. The van der Waals surface area contributed by atoms with E-state index in [2.05, 4.69) is 28.1 Å². The second-order valence-electron chi connectivity index (χ2n) is 8.53. The molecule has 202 valence electrons. The molecule has 4 N–H and O–H groups in total. The van der Waals surface area contributed by atoms with Crippen LogP contribution in [-0.2, 0) is 23.1 Å². The molecule has 0 aliphatic heterocycles. The van der Waals surface area contributed by atoms with Crippen molar-refractivity contribution in [2.24, 2.45) is 0 Å². The summed E-state index contributed by atoms with van der Waals surface area (Å²) in [6.07, 6.45) is 17.4. The first-order chi connectivity index (χ1) is 16.3. The number of carbonyl (C=O) groups excluding carboxylic acids is 1. The summed E-state index contributed by atoms with van der Waals surface area (Å²) < 4.78 is 25.9. The molecule has 3 atom stereocenters. The van der Waals surface area contributed by atoms with Gasteiger partial charge in [-0.25, -0.2) is 4.57 Å². The van der Waals surface area contributed by atoms with Crippen LogP contribution < -0.4 is 0 Å². The highest BCUT2D eigenvalue weighted by atomic mass is 31.2. The number of carbonyl (C=O) groups is 1. The molecule has 0 aromatic heterocycles. The predicted octanol–water partition coefficient (Wildman–Crippen LogP) is 4.41. The summed E-state index contributed by atoms with van der Waals surface area (Å²) in [5.74, 6) is -0.510. The van der Waals surface area contributed by atoms with Gasteiger partial charge >= 0.3 is 13.8 Å². The molecule has 34 heavy (non-hydrogen) atoms. The molecular formula is C24H47O9P. The van der Waals surface area contributed by atoms with Crippen molar-refractivity contribution < 1.29 is 43.4 Å². The molecule has 0 aromatic rings. The Hall–Kier alpha value is -0.800. The molecule has 10 heteroatoms. The summed E-state index contributed by atoms with van der Waals surface area (Å²) in [5.41, 5.74) is 0. The van der Waals surface area contributed by atoms with E-state index in [1.807, 2.05) is 0 Å². The predicted molar refractivity (Wildman–Crippen MR) is 131 cm³/mol. The molecule has 0 fully saturated rings. The summed E-state index contributed by atoms with van der Waals surface area (Å²) in [6.45, 7) is -0.0936. The topological polar surface area (TPSA) is 143 Å². The SMILES string of the molecule is CCCCCCCC/C=C\CCCCCCCC(=O)O[C@H](CO)COP(=O)(O)OC[C@H](O)CO. The summed E-state index contributed by atoms with van der Waals surface area (Å²) in [6, 6.07) is 0. The minimum absolute atomic E-state index is 0.199. The number of unbranched alkanes of at least 4 members (excludes halogenated alkanes) is 11. The van der Waals surface area contributed by atoms with E-state index in [4.69, 9.17) is 14.9 Å². The third kappa shape index (κ3) is 21.7. The number of phosphoric ester groups is 1. The van der Waals surface area contributed by atoms with E-state index in [0.717, 1.165) is 32.1 Å². The van der Waals surface area contributed by atoms with Crippen molar-refractivity contribution in [1.82, 2.24) is 0 Å². The second-order valence-corrected chi connectivity index (χ2v) is 9.98. The number of allylic oxidation sites excluding steroid dienone is 2. The van der Waals surface area contributed by atoms with Crippen LogP contribution in [0.2, 0.25) is 0 Å². The van der Waals surface area contributed by atoms with E-state index in [0.29, 0.717) is 6.42 Å². The average molecular weight is 511 g/mol. The molecule has 0 amide bonds. The molecule has 0 saturated carbocycles. The molecule has 0 heterocycles. The third-order valence-corrected chi connectivity index (χ3v) is 6.16. The maximum Gasteiger partial charge on any atom is 0.472 e. The first kappa shape index (κ1) is 33.2. The molecule has 0 spiro atoms. The highest BCUT2D eigenvalue weighted by Gasteiger charge is 2.25. The van der Waals surface area contributed by atoms with Crippen molar-refractivity contribution in [3.8, 4) is 0 Å². The Bertz CT molecular complexity index is 557. The van der Waals surface area contributed by atoms with E-state index >= 15 is 0 Å². The zero-order valence-corrected chi connectivity index (χ0v) is 21.7. The quantitative estimate of drug-likeness (QED) is 0.0642. The minimum atomic E-state index is -4.50. The van der Waals surface area contributed by atoms with Gasteiger partial charge in [0.15, 0.2) is 0 Å². The highest BCUT2D eigenvalue weighted by Crippen LogP contribution is 2.43. The summed E-state index contributed by atoms with van der Waals surface area (Å²) in [5, 5.41) is 27.1. The molecule has 0 radical (unpaired) electrons. The largest absolute Gasteiger partial charge is 0.472 e. The average Bonchev–Trinajstić information content (AvgIpc) is 2.82. The Morgan fingerprint density at radius 2 is 1.35 bits per heavy atom. The van der Waals surface area contributed by atoms with Gasteiger partial charge in [-0.15, -0.1) is 0 Å². The van der Waals surface area contributed by atoms with Crippen LogP contribution in [0.3, 0.4) is 0 Å². The highest BCUT2D eigenvalue weighted by molar-refractivity contribution is 7.47. The normalized spacial score (nSPS) is 15.3. The molecular weight excluding hydrogens is 463 g/mol. The fourth-order valence-corrected chi connectivity index (χ4v) is 3.95. The second kappa shape index (κ2) is 22.7. The molecule has 0 bridgehead atoms. The van der Waals surface area contributed by atoms with Gasteiger partial charge in [-0.1, -0.05) is 70.4 Å². The van der Waals surface area contributed by atoms with E-state index in [1.54, 1.807) is 0 Å². The number of aliphatic hydroxyl groups excluding tert-OH is 3. The van der Waals surface area contributed by atoms with Crippen molar-refractivity contribution in [2.45, 2.75) is 109 Å². The minimum Gasteiger partial charge on any atom is -0.457 e. The lowest BCUT2D eigenvalue weighted by Crippen LogP contribution is -2.27. The van der Waals surface area contributed by atoms with Gasteiger partial charge in [-0.2, -0.15) is 0 Å².